The number of thiophene rings is 1. The van der Waals surface area contributed by atoms with Gasteiger partial charge in [0.2, 0.25) is 0 Å². The molecule has 2 amide bonds. The summed E-state index contributed by atoms with van der Waals surface area (Å²) in [6, 6.07) is 12.5. The SMILES string of the molecule is O=C(Nc1ccc(C(=O)N2CCC[C@H]2c2ccsc2)cc1)c1ccco1. The molecule has 0 aliphatic carbocycles. The van der Waals surface area contributed by atoms with E-state index >= 15 is 0 Å². The largest absolute Gasteiger partial charge is 0.459 e. The quantitative estimate of drug-likeness (QED) is 0.736. The lowest BCUT2D eigenvalue weighted by Gasteiger charge is -2.24. The summed E-state index contributed by atoms with van der Waals surface area (Å²) in [5.74, 6) is -0.0328. The minimum atomic E-state index is -0.314. The van der Waals surface area contributed by atoms with Crippen molar-refractivity contribution in [2.75, 3.05) is 11.9 Å². The molecule has 1 aromatic carbocycles. The van der Waals surface area contributed by atoms with E-state index in [0.717, 1.165) is 19.4 Å². The van der Waals surface area contributed by atoms with Crippen LogP contribution in [0.5, 0.6) is 0 Å². The molecule has 4 rings (SSSR count). The van der Waals surface area contributed by atoms with Crippen LogP contribution >= 0.6 is 11.3 Å². The third-order valence-corrected chi connectivity index (χ3v) is 5.28. The van der Waals surface area contributed by atoms with Gasteiger partial charge in [-0.25, -0.2) is 0 Å². The predicted molar refractivity (Wildman–Crippen MR) is 100 cm³/mol. The summed E-state index contributed by atoms with van der Waals surface area (Å²) in [6.07, 6.45) is 3.47. The van der Waals surface area contributed by atoms with Gasteiger partial charge in [-0.3, -0.25) is 9.59 Å². The van der Waals surface area contributed by atoms with E-state index in [1.807, 2.05) is 10.3 Å². The summed E-state index contributed by atoms with van der Waals surface area (Å²) < 4.78 is 5.07. The Bertz CT molecular complexity index is 886. The summed E-state index contributed by atoms with van der Waals surface area (Å²) in [6.45, 7) is 0.774. The molecular formula is C20H18N2O3S. The topological polar surface area (TPSA) is 62.6 Å². The van der Waals surface area contributed by atoms with E-state index in [0.29, 0.717) is 11.3 Å². The number of carbonyl (C=O) groups is 2. The van der Waals surface area contributed by atoms with Crippen LogP contribution < -0.4 is 5.32 Å². The number of furan rings is 1. The number of amides is 2. The molecule has 1 N–H and O–H groups in total. The lowest BCUT2D eigenvalue weighted by molar-refractivity contribution is 0.0736. The van der Waals surface area contributed by atoms with Gasteiger partial charge in [-0.2, -0.15) is 11.3 Å². The van der Waals surface area contributed by atoms with Gasteiger partial charge < -0.3 is 14.6 Å². The van der Waals surface area contributed by atoms with Crippen molar-refractivity contribution in [2.24, 2.45) is 0 Å². The predicted octanol–water partition coefficient (Wildman–Crippen LogP) is 4.57. The molecule has 0 saturated carbocycles. The first-order chi connectivity index (χ1) is 12.7. The van der Waals surface area contributed by atoms with Gasteiger partial charge in [-0.05, 0) is 71.6 Å². The Kier molecular flexibility index (Phi) is 4.58. The molecule has 0 unspecified atom stereocenters. The van der Waals surface area contributed by atoms with Gasteiger partial charge in [0.05, 0.1) is 12.3 Å². The Morgan fingerprint density at radius 1 is 1.15 bits per heavy atom. The molecule has 1 aliphatic rings. The van der Waals surface area contributed by atoms with Crippen LogP contribution in [-0.4, -0.2) is 23.3 Å². The fourth-order valence-electron chi connectivity index (χ4n) is 3.28. The maximum Gasteiger partial charge on any atom is 0.291 e. The molecule has 5 nitrogen and oxygen atoms in total. The zero-order valence-corrected chi connectivity index (χ0v) is 14.9. The smallest absolute Gasteiger partial charge is 0.291 e. The van der Waals surface area contributed by atoms with Crippen LogP contribution in [0.4, 0.5) is 5.69 Å². The van der Waals surface area contributed by atoms with Gasteiger partial charge in [-0.1, -0.05) is 0 Å². The number of carbonyl (C=O) groups excluding carboxylic acids is 2. The fourth-order valence-corrected chi connectivity index (χ4v) is 3.99. The second-order valence-electron chi connectivity index (χ2n) is 6.22. The Labute approximate surface area is 155 Å². The number of rotatable bonds is 4. The maximum atomic E-state index is 12.9. The zero-order valence-electron chi connectivity index (χ0n) is 14.1. The monoisotopic (exact) mass is 366 g/mol. The van der Waals surface area contributed by atoms with Crippen LogP contribution in [-0.2, 0) is 0 Å². The molecule has 0 spiro atoms. The van der Waals surface area contributed by atoms with Crippen molar-refractivity contribution in [3.05, 3.63) is 76.4 Å². The highest BCUT2D eigenvalue weighted by atomic mass is 32.1. The molecule has 6 heteroatoms. The molecule has 1 aliphatic heterocycles. The van der Waals surface area contributed by atoms with Crippen LogP contribution in [0.2, 0.25) is 0 Å². The number of likely N-dealkylation sites (tertiary alicyclic amines) is 1. The highest BCUT2D eigenvalue weighted by Gasteiger charge is 2.30. The normalized spacial score (nSPS) is 16.6. The lowest BCUT2D eigenvalue weighted by Crippen LogP contribution is -2.30. The number of hydrogen-bond donors (Lipinski definition) is 1. The third-order valence-electron chi connectivity index (χ3n) is 4.58. The number of benzene rings is 1. The number of hydrogen-bond acceptors (Lipinski definition) is 4. The molecule has 0 radical (unpaired) electrons. The maximum absolute atomic E-state index is 12.9. The molecule has 1 atom stereocenters. The molecule has 3 heterocycles. The Morgan fingerprint density at radius 3 is 2.69 bits per heavy atom. The minimum absolute atomic E-state index is 0.0302. The molecule has 0 bridgehead atoms. The summed E-state index contributed by atoms with van der Waals surface area (Å²) in [5, 5.41) is 6.92. The molecule has 26 heavy (non-hydrogen) atoms. The first kappa shape index (κ1) is 16.6. The molecule has 1 saturated heterocycles. The Hall–Kier alpha value is -2.86. The van der Waals surface area contributed by atoms with Crippen molar-refractivity contribution in [1.82, 2.24) is 4.90 Å². The summed E-state index contributed by atoms with van der Waals surface area (Å²) in [7, 11) is 0. The minimum Gasteiger partial charge on any atom is -0.459 e. The van der Waals surface area contributed by atoms with E-state index in [4.69, 9.17) is 4.42 Å². The summed E-state index contributed by atoms with van der Waals surface area (Å²) in [4.78, 5) is 26.8. The van der Waals surface area contributed by atoms with Crippen molar-refractivity contribution < 1.29 is 14.0 Å². The highest BCUT2D eigenvalue weighted by Crippen LogP contribution is 2.34. The van der Waals surface area contributed by atoms with Crippen LogP contribution in [0.25, 0.3) is 0 Å². The summed E-state index contributed by atoms with van der Waals surface area (Å²) >= 11 is 1.66. The van der Waals surface area contributed by atoms with Gasteiger partial charge >= 0.3 is 0 Å². The van der Waals surface area contributed by atoms with Crippen molar-refractivity contribution in [3.8, 4) is 0 Å². The van der Waals surface area contributed by atoms with Crippen LogP contribution in [0.3, 0.4) is 0 Å². The van der Waals surface area contributed by atoms with E-state index in [1.54, 1.807) is 47.7 Å². The van der Waals surface area contributed by atoms with Crippen molar-refractivity contribution >= 4 is 28.8 Å². The van der Waals surface area contributed by atoms with Crippen molar-refractivity contribution in [1.29, 1.82) is 0 Å². The Morgan fingerprint density at radius 2 is 2.00 bits per heavy atom. The average Bonchev–Trinajstić information content (AvgIpc) is 3.43. The van der Waals surface area contributed by atoms with Gasteiger partial charge in [0.1, 0.15) is 0 Å². The van der Waals surface area contributed by atoms with Crippen molar-refractivity contribution in [3.63, 3.8) is 0 Å². The molecule has 1 fully saturated rings. The third kappa shape index (κ3) is 3.28. The highest BCUT2D eigenvalue weighted by molar-refractivity contribution is 7.08. The van der Waals surface area contributed by atoms with E-state index < -0.39 is 0 Å². The first-order valence-corrected chi connectivity index (χ1v) is 9.44. The average molecular weight is 366 g/mol. The molecule has 132 valence electrons. The van der Waals surface area contributed by atoms with E-state index in [1.165, 1.54) is 11.8 Å². The van der Waals surface area contributed by atoms with Gasteiger partial charge in [0.25, 0.3) is 11.8 Å². The van der Waals surface area contributed by atoms with Crippen molar-refractivity contribution in [2.45, 2.75) is 18.9 Å². The van der Waals surface area contributed by atoms with E-state index in [9.17, 15) is 9.59 Å². The second kappa shape index (κ2) is 7.17. The second-order valence-corrected chi connectivity index (χ2v) is 7.00. The van der Waals surface area contributed by atoms with Gasteiger partial charge in [0.15, 0.2) is 5.76 Å². The number of nitrogens with one attached hydrogen (secondary N) is 1. The molecule has 3 aromatic rings. The van der Waals surface area contributed by atoms with Gasteiger partial charge in [0, 0.05) is 17.8 Å². The number of anilines is 1. The molecular weight excluding hydrogens is 348 g/mol. The van der Waals surface area contributed by atoms with E-state index in [2.05, 4.69) is 16.8 Å². The van der Waals surface area contributed by atoms with Crippen LogP contribution in [0, 0.1) is 0 Å². The first-order valence-electron chi connectivity index (χ1n) is 8.50. The lowest BCUT2D eigenvalue weighted by atomic mass is 10.1. The van der Waals surface area contributed by atoms with Crippen LogP contribution in [0.1, 0.15) is 45.4 Å². The summed E-state index contributed by atoms with van der Waals surface area (Å²) in [5.41, 5.74) is 2.46. The van der Waals surface area contributed by atoms with Crippen LogP contribution in [0.15, 0.2) is 63.9 Å². The fraction of sp³-hybridized carbons (Fsp3) is 0.200. The molecule has 2 aromatic heterocycles. The van der Waals surface area contributed by atoms with Gasteiger partial charge in [-0.15, -0.1) is 0 Å². The van der Waals surface area contributed by atoms with E-state index in [-0.39, 0.29) is 23.6 Å². The standard InChI is InChI=1S/C20H18N2O3S/c23-19(18-4-2-11-25-18)21-16-7-5-14(6-8-16)20(24)22-10-1-3-17(22)15-9-12-26-13-15/h2,4-9,11-13,17H,1,3,10H2,(H,21,23)/t17-/m0/s1. The Balaban J connectivity index is 1.46. The zero-order chi connectivity index (χ0) is 17.9. The number of nitrogens with zero attached hydrogens (tertiary/aromatic N) is 1.